The number of aryl methyl sites for hydroxylation is 1. The van der Waals surface area contributed by atoms with Gasteiger partial charge in [0.25, 0.3) is 0 Å². The summed E-state index contributed by atoms with van der Waals surface area (Å²) >= 11 is 8.64. The number of aromatic nitrogens is 6. The van der Waals surface area contributed by atoms with Crippen molar-refractivity contribution >= 4 is 61.4 Å². The first-order chi connectivity index (χ1) is 19.2. The molecule has 10 nitrogen and oxygen atoms in total. The molecule has 0 fully saturated rings. The minimum atomic E-state index is -1.24. The predicted octanol–water partition coefficient (Wildman–Crippen LogP) is 6.76. The molecule has 2 aromatic carbocycles. The first-order valence-corrected chi connectivity index (χ1v) is 22.4. The van der Waals surface area contributed by atoms with E-state index >= 15 is 0 Å². The minimum absolute atomic E-state index is 0.0572. The van der Waals surface area contributed by atoms with E-state index in [1.54, 1.807) is 6.07 Å². The summed E-state index contributed by atoms with van der Waals surface area (Å²) in [5.41, 5.74) is 2.59. The molecule has 4 aromatic rings. The number of imidazole rings is 1. The maximum atomic E-state index is 13.1. The Labute approximate surface area is 261 Å². The quantitative estimate of drug-likeness (QED) is 0.0853. The summed E-state index contributed by atoms with van der Waals surface area (Å²) in [6, 6.07) is 11.7. The molecule has 0 aliphatic heterocycles. The molecule has 0 aliphatic carbocycles. The average Bonchev–Trinajstić information content (AvgIpc) is 3.39. The lowest BCUT2D eigenvalue weighted by Gasteiger charge is -2.16. The van der Waals surface area contributed by atoms with Crippen molar-refractivity contribution in [2.75, 3.05) is 13.2 Å². The van der Waals surface area contributed by atoms with Gasteiger partial charge in [-0.15, -0.1) is 0 Å². The van der Waals surface area contributed by atoms with Gasteiger partial charge in [0.15, 0.2) is 0 Å². The summed E-state index contributed by atoms with van der Waals surface area (Å²) in [7, 11) is -2.47. The van der Waals surface area contributed by atoms with Gasteiger partial charge in [0.2, 0.25) is 0 Å². The highest BCUT2D eigenvalue weighted by atomic mass is 127. The largest absolute Gasteiger partial charge is 0.425 e. The zero-order valence-electron chi connectivity index (χ0n) is 24.7. The molecule has 0 atom stereocenters. The van der Waals surface area contributed by atoms with Crippen molar-refractivity contribution in [2.45, 2.75) is 71.8 Å². The van der Waals surface area contributed by atoms with Crippen LogP contribution in [0.3, 0.4) is 0 Å². The van der Waals surface area contributed by atoms with Crippen LogP contribution in [-0.4, -0.2) is 58.7 Å². The summed E-state index contributed by atoms with van der Waals surface area (Å²) in [5, 5.41) is 8.76. The Morgan fingerprint density at radius 3 is 2.24 bits per heavy atom. The molecule has 222 valence electrons. The van der Waals surface area contributed by atoms with Crippen LogP contribution in [0.4, 0.5) is 0 Å². The zero-order valence-corrected chi connectivity index (χ0v) is 29.6. The van der Waals surface area contributed by atoms with E-state index < -0.39 is 16.1 Å². The Hall–Kier alpha value is -2.05. The standard InChI is InChI=1S/C27H38ClIN6O4Si2/c1-19-8-9-20(14-24(19)35-27(36)34(31-32-35)18-38-11-13-41(5,6)7)39-26-30-23-16-22(29)21(28)15-25(23)33(26)17-37-10-12-40(2,3)4/h8-9,14-16H,10-13,17-18H2,1-7H3. The van der Waals surface area contributed by atoms with Gasteiger partial charge < -0.3 is 14.2 Å². The van der Waals surface area contributed by atoms with Crippen LogP contribution in [0.5, 0.6) is 11.8 Å². The average molecular weight is 729 g/mol. The van der Waals surface area contributed by atoms with Gasteiger partial charge in [-0.05, 0) is 75.8 Å². The Morgan fingerprint density at radius 1 is 0.927 bits per heavy atom. The summed E-state index contributed by atoms with van der Waals surface area (Å²) < 4.78 is 23.3. The molecule has 0 unspecified atom stereocenters. The van der Waals surface area contributed by atoms with Crippen LogP contribution in [0, 0.1) is 10.5 Å². The fourth-order valence-corrected chi connectivity index (χ4v) is 5.98. The highest BCUT2D eigenvalue weighted by Gasteiger charge is 2.19. The molecule has 0 spiro atoms. The zero-order chi connectivity index (χ0) is 29.9. The molecular formula is C27H38ClIN6O4Si2. The van der Waals surface area contributed by atoms with Gasteiger partial charge in [0.05, 0.1) is 21.7 Å². The van der Waals surface area contributed by atoms with E-state index in [1.807, 2.05) is 35.8 Å². The smallest absolute Gasteiger partial charge is 0.370 e. The van der Waals surface area contributed by atoms with Crippen LogP contribution >= 0.6 is 34.2 Å². The van der Waals surface area contributed by atoms with Gasteiger partial charge in [-0.3, -0.25) is 4.57 Å². The number of fused-ring (bicyclic) bond motifs is 1. The Kier molecular flexibility index (Phi) is 10.2. The lowest BCUT2D eigenvalue weighted by molar-refractivity contribution is 0.0748. The first-order valence-electron chi connectivity index (χ1n) is 13.5. The van der Waals surface area contributed by atoms with Crippen molar-refractivity contribution in [1.82, 2.24) is 29.3 Å². The van der Waals surface area contributed by atoms with Crippen LogP contribution in [0.1, 0.15) is 5.56 Å². The molecular weight excluding hydrogens is 691 g/mol. The lowest BCUT2D eigenvalue weighted by Crippen LogP contribution is -2.27. The van der Waals surface area contributed by atoms with Crippen LogP contribution in [0.2, 0.25) is 56.4 Å². The molecule has 2 heterocycles. The highest BCUT2D eigenvalue weighted by molar-refractivity contribution is 14.1. The number of hydrogen-bond donors (Lipinski definition) is 0. The third kappa shape index (κ3) is 8.50. The maximum absolute atomic E-state index is 13.1. The van der Waals surface area contributed by atoms with Gasteiger partial charge in [-0.2, -0.15) is 14.3 Å². The lowest BCUT2D eigenvalue weighted by atomic mass is 10.2. The van der Waals surface area contributed by atoms with E-state index in [4.69, 9.17) is 30.8 Å². The van der Waals surface area contributed by atoms with Gasteiger partial charge in [-0.1, -0.05) is 56.9 Å². The Morgan fingerprint density at radius 2 is 1.59 bits per heavy atom. The topological polar surface area (TPSA) is 98.2 Å². The molecule has 41 heavy (non-hydrogen) atoms. The van der Waals surface area contributed by atoms with Crippen molar-refractivity contribution in [3.8, 4) is 17.4 Å². The molecule has 0 bridgehead atoms. The monoisotopic (exact) mass is 728 g/mol. The maximum Gasteiger partial charge on any atom is 0.370 e. The summed E-state index contributed by atoms with van der Waals surface area (Å²) in [6.45, 7) is 17.3. The third-order valence-electron chi connectivity index (χ3n) is 6.44. The number of hydrogen-bond acceptors (Lipinski definition) is 7. The highest BCUT2D eigenvalue weighted by Crippen LogP contribution is 2.31. The Bertz CT molecular complexity index is 1570. The van der Waals surface area contributed by atoms with E-state index in [0.717, 1.165) is 32.3 Å². The van der Waals surface area contributed by atoms with E-state index in [-0.39, 0.29) is 19.2 Å². The number of rotatable bonds is 13. The van der Waals surface area contributed by atoms with Crippen molar-refractivity contribution in [2.24, 2.45) is 0 Å². The summed E-state index contributed by atoms with van der Waals surface area (Å²) in [6.07, 6.45) is 0. The van der Waals surface area contributed by atoms with Gasteiger partial charge in [0, 0.05) is 39.0 Å². The second kappa shape index (κ2) is 13.1. The SMILES string of the molecule is Cc1ccc(Oc2nc3cc(I)c(Cl)cc3n2COCC[Si](C)(C)C)cc1-n1nnn(COCC[Si](C)(C)C)c1=O. The van der Waals surface area contributed by atoms with Crippen molar-refractivity contribution in [1.29, 1.82) is 0 Å². The molecule has 0 saturated heterocycles. The van der Waals surface area contributed by atoms with Crippen molar-refractivity contribution in [3.63, 3.8) is 0 Å². The first kappa shape index (κ1) is 31.9. The summed E-state index contributed by atoms with van der Waals surface area (Å²) in [4.78, 5) is 17.8. The normalized spacial score (nSPS) is 12.4. The van der Waals surface area contributed by atoms with E-state index in [9.17, 15) is 4.79 Å². The molecule has 0 amide bonds. The number of ether oxygens (including phenoxy) is 3. The van der Waals surface area contributed by atoms with E-state index in [1.165, 1.54) is 9.36 Å². The van der Waals surface area contributed by atoms with Crippen LogP contribution in [0.25, 0.3) is 16.7 Å². The number of benzene rings is 2. The second-order valence-corrected chi connectivity index (χ2v) is 25.3. The molecule has 0 N–H and O–H groups in total. The van der Waals surface area contributed by atoms with E-state index in [2.05, 4.69) is 72.3 Å². The Balaban J connectivity index is 1.58. The van der Waals surface area contributed by atoms with Crippen LogP contribution in [-0.2, 0) is 22.9 Å². The van der Waals surface area contributed by atoms with Crippen LogP contribution < -0.4 is 10.4 Å². The molecule has 0 radical (unpaired) electrons. The van der Waals surface area contributed by atoms with Crippen molar-refractivity contribution < 1.29 is 14.2 Å². The molecule has 2 aromatic heterocycles. The minimum Gasteiger partial charge on any atom is -0.425 e. The van der Waals surface area contributed by atoms with Crippen molar-refractivity contribution in [3.05, 3.63) is 55.0 Å². The molecule has 14 heteroatoms. The van der Waals surface area contributed by atoms with Gasteiger partial charge in [0.1, 0.15) is 19.2 Å². The van der Waals surface area contributed by atoms with Crippen LogP contribution in [0.15, 0.2) is 35.1 Å². The third-order valence-corrected chi connectivity index (χ3v) is 11.4. The number of tetrazole rings is 1. The molecule has 4 rings (SSSR count). The summed E-state index contributed by atoms with van der Waals surface area (Å²) in [5.74, 6) is 0.498. The molecule has 0 aliphatic rings. The number of nitrogens with zero attached hydrogens (tertiary/aromatic N) is 6. The van der Waals surface area contributed by atoms with Gasteiger partial charge in [-0.25, -0.2) is 4.79 Å². The second-order valence-electron chi connectivity index (χ2n) is 12.5. The fourth-order valence-electron chi connectivity index (χ4n) is 3.86. The van der Waals surface area contributed by atoms with E-state index in [0.29, 0.717) is 35.7 Å². The molecule has 0 saturated carbocycles. The predicted molar refractivity (Wildman–Crippen MR) is 176 cm³/mol. The fraction of sp³-hybridized carbons (Fsp3) is 0.481. The number of halogens is 2. The van der Waals surface area contributed by atoms with Gasteiger partial charge >= 0.3 is 11.7 Å².